The van der Waals surface area contributed by atoms with Gasteiger partial charge in [0.15, 0.2) is 0 Å². The van der Waals surface area contributed by atoms with Gasteiger partial charge in [0.25, 0.3) is 0 Å². The summed E-state index contributed by atoms with van der Waals surface area (Å²) in [5, 5.41) is 3.04. The standard InChI is InChI=1S/C13H19NO/c1-11-7-6-8-13(12(11)2)15-10-5-4-9-14-3/h4-8,14H,9-10H2,1-3H3. The normalized spacial score (nSPS) is 10.9. The van der Waals surface area contributed by atoms with Crippen LogP contribution in [0.1, 0.15) is 11.1 Å². The van der Waals surface area contributed by atoms with Crippen molar-refractivity contribution in [2.45, 2.75) is 13.8 Å². The van der Waals surface area contributed by atoms with Crippen molar-refractivity contribution in [2.75, 3.05) is 20.2 Å². The zero-order valence-corrected chi connectivity index (χ0v) is 9.71. The predicted molar refractivity (Wildman–Crippen MR) is 64.5 cm³/mol. The van der Waals surface area contributed by atoms with Crippen LogP contribution >= 0.6 is 0 Å². The molecule has 0 atom stereocenters. The van der Waals surface area contributed by atoms with Crippen LogP contribution in [0, 0.1) is 13.8 Å². The van der Waals surface area contributed by atoms with Crippen LogP contribution in [-0.2, 0) is 0 Å². The first-order valence-corrected chi connectivity index (χ1v) is 5.24. The van der Waals surface area contributed by atoms with Gasteiger partial charge in [0, 0.05) is 6.54 Å². The molecule has 15 heavy (non-hydrogen) atoms. The zero-order chi connectivity index (χ0) is 11.1. The molecule has 82 valence electrons. The SMILES string of the molecule is CNCC=CCOc1cccc(C)c1C. The van der Waals surface area contributed by atoms with Crippen molar-refractivity contribution in [3.8, 4) is 5.75 Å². The molecule has 0 amide bonds. The van der Waals surface area contributed by atoms with E-state index in [4.69, 9.17) is 4.74 Å². The molecule has 0 spiro atoms. The first-order valence-electron chi connectivity index (χ1n) is 5.24. The van der Waals surface area contributed by atoms with E-state index in [-0.39, 0.29) is 0 Å². The Kier molecular flexibility index (Phi) is 4.91. The monoisotopic (exact) mass is 205 g/mol. The van der Waals surface area contributed by atoms with Gasteiger partial charge in [-0.2, -0.15) is 0 Å². The zero-order valence-electron chi connectivity index (χ0n) is 9.71. The minimum Gasteiger partial charge on any atom is -0.489 e. The number of benzene rings is 1. The van der Waals surface area contributed by atoms with Crippen molar-refractivity contribution in [3.05, 3.63) is 41.5 Å². The molecule has 0 aliphatic heterocycles. The third-order valence-electron chi connectivity index (χ3n) is 2.38. The molecule has 0 fully saturated rings. The number of hydrogen-bond acceptors (Lipinski definition) is 2. The Hall–Kier alpha value is -1.28. The highest BCUT2D eigenvalue weighted by Crippen LogP contribution is 2.20. The fraction of sp³-hybridized carbons (Fsp3) is 0.385. The van der Waals surface area contributed by atoms with Crippen molar-refractivity contribution in [2.24, 2.45) is 0 Å². The van der Waals surface area contributed by atoms with E-state index < -0.39 is 0 Å². The molecular formula is C13H19NO. The van der Waals surface area contributed by atoms with E-state index in [9.17, 15) is 0 Å². The Morgan fingerprint density at radius 3 is 2.80 bits per heavy atom. The molecule has 1 rings (SSSR count). The first-order chi connectivity index (χ1) is 7.25. The molecule has 0 aliphatic carbocycles. The number of ether oxygens (including phenoxy) is 1. The lowest BCUT2D eigenvalue weighted by molar-refractivity contribution is 0.359. The molecule has 2 heteroatoms. The van der Waals surface area contributed by atoms with E-state index in [0.717, 1.165) is 12.3 Å². The summed E-state index contributed by atoms with van der Waals surface area (Å²) in [5.74, 6) is 0.976. The van der Waals surface area contributed by atoms with E-state index in [0.29, 0.717) is 6.61 Å². The van der Waals surface area contributed by atoms with Gasteiger partial charge in [-0.05, 0) is 38.1 Å². The highest BCUT2D eigenvalue weighted by atomic mass is 16.5. The van der Waals surface area contributed by atoms with Gasteiger partial charge in [-0.1, -0.05) is 24.3 Å². The van der Waals surface area contributed by atoms with Gasteiger partial charge in [-0.3, -0.25) is 0 Å². The average molecular weight is 205 g/mol. The van der Waals surface area contributed by atoms with Crippen LogP contribution in [0.25, 0.3) is 0 Å². The molecule has 0 unspecified atom stereocenters. The molecule has 0 heterocycles. The molecule has 0 aliphatic rings. The number of rotatable bonds is 5. The van der Waals surface area contributed by atoms with E-state index in [2.05, 4.69) is 31.3 Å². The summed E-state index contributed by atoms with van der Waals surface area (Å²) in [4.78, 5) is 0. The van der Waals surface area contributed by atoms with Crippen molar-refractivity contribution < 1.29 is 4.74 Å². The van der Waals surface area contributed by atoms with Crippen molar-refractivity contribution in [1.29, 1.82) is 0 Å². The van der Waals surface area contributed by atoms with Gasteiger partial charge in [-0.15, -0.1) is 0 Å². The number of hydrogen-bond donors (Lipinski definition) is 1. The molecule has 0 radical (unpaired) electrons. The Morgan fingerprint density at radius 2 is 2.07 bits per heavy atom. The molecule has 0 saturated carbocycles. The Balaban J connectivity index is 2.47. The van der Waals surface area contributed by atoms with Gasteiger partial charge in [-0.25, -0.2) is 0 Å². The van der Waals surface area contributed by atoms with Gasteiger partial charge in [0.1, 0.15) is 12.4 Å². The van der Waals surface area contributed by atoms with Crippen LogP contribution in [0.5, 0.6) is 5.75 Å². The summed E-state index contributed by atoms with van der Waals surface area (Å²) >= 11 is 0. The molecule has 0 saturated heterocycles. The van der Waals surface area contributed by atoms with Crippen LogP contribution in [0.15, 0.2) is 30.4 Å². The second kappa shape index (κ2) is 6.25. The van der Waals surface area contributed by atoms with Crippen molar-refractivity contribution in [1.82, 2.24) is 5.32 Å². The van der Waals surface area contributed by atoms with E-state index in [1.807, 2.05) is 25.3 Å². The topological polar surface area (TPSA) is 21.3 Å². The Morgan fingerprint density at radius 1 is 1.27 bits per heavy atom. The van der Waals surface area contributed by atoms with Crippen LogP contribution in [0.2, 0.25) is 0 Å². The number of aryl methyl sites for hydroxylation is 1. The highest BCUT2D eigenvalue weighted by Gasteiger charge is 1.99. The molecule has 1 N–H and O–H groups in total. The predicted octanol–water partition coefficient (Wildman–Crippen LogP) is 2.46. The Bertz CT molecular complexity index is 331. The van der Waals surface area contributed by atoms with Gasteiger partial charge >= 0.3 is 0 Å². The highest BCUT2D eigenvalue weighted by molar-refractivity contribution is 5.38. The maximum absolute atomic E-state index is 5.65. The third kappa shape index (κ3) is 3.76. The summed E-state index contributed by atoms with van der Waals surface area (Å²) in [6.45, 7) is 5.70. The maximum atomic E-state index is 5.65. The van der Waals surface area contributed by atoms with Gasteiger partial charge < -0.3 is 10.1 Å². The number of nitrogens with one attached hydrogen (secondary N) is 1. The Labute approximate surface area is 92.0 Å². The average Bonchev–Trinajstić information content (AvgIpc) is 2.24. The summed E-state index contributed by atoms with van der Waals surface area (Å²) in [6.07, 6.45) is 4.09. The lowest BCUT2D eigenvalue weighted by Crippen LogP contribution is -2.05. The third-order valence-corrected chi connectivity index (χ3v) is 2.38. The molecular weight excluding hydrogens is 186 g/mol. The molecule has 1 aromatic rings. The van der Waals surface area contributed by atoms with Crippen LogP contribution in [0.3, 0.4) is 0 Å². The molecule has 2 nitrogen and oxygen atoms in total. The summed E-state index contributed by atoms with van der Waals surface area (Å²) < 4.78 is 5.65. The second-order valence-electron chi connectivity index (χ2n) is 3.54. The summed E-state index contributed by atoms with van der Waals surface area (Å²) in [5.41, 5.74) is 2.49. The largest absolute Gasteiger partial charge is 0.489 e. The quantitative estimate of drug-likeness (QED) is 0.746. The lowest BCUT2D eigenvalue weighted by atomic mass is 10.1. The van der Waals surface area contributed by atoms with E-state index in [1.54, 1.807) is 0 Å². The fourth-order valence-corrected chi connectivity index (χ4v) is 1.29. The maximum Gasteiger partial charge on any atom is 0.122 e. The fourth-order valence-electron chi connectivity index (χ4n) is 1.29. The summed E-state index contributed by atoms with van der Waals surface area (Å²) in [7, 11) is 1.93. The van der Waals surface area contributed by atoms with Crippen LogP contribution < -0.4 is 10.1 Å². The lowest BCUT2D eigenvalue weighted by Gasteiger charge is -2.08. The summed E-state index contributed by atoms with van der Waals surface area (Å²) in [6, 6.07) is 6.13. The van der Waals surface area contributed by atoms with E-state index in [1.165, 1.54) is 11.1 Å². The minimum atomic E-state index is 0.631. The molecule has 0 bridgehead atoms. The first kappa shape index (κ1) is 11.8. The van der Waals surface area contributed by atoms with E-state index >= 15 is 0 Å². The molecule has 0 aromatic heterocycles. The number of likely N-dealkylation sites (N-methyl/N-ethyl adjacent to an activating group) is 1. The molecule has 1 aromatic carbocycles. The van der Waals surface area contributed by atoms with Crippen LogP contribution in [0.4, 0.5) is 0 Å². The van der Waals surface area contributed by atoms with Crippen LogP contribution in [-0.4, -0.2) is 20.2 Å². The smallest absolute Gasteiger partial charge is 0.122 e. The van der Waals surface area contributed by atoms with Crippen molar-refractivity contribution >= 4 is 0 Å². The minimum absolute atomic E-state index is 0.631. The van der Waals surface area contributed by atoms with Gasteiger partial charge in [0.05, 0.1) is 0 Å². The second-order valence-corrected chi connectivity index (χ2v) is 3.54. The van der Waals surface area contributed by atoms with Crippen molar-refractivity contribution in [3.63, 3.8) is 0 Å². The van der Waals surface area contributed by atoms with Gasteiger partial charge in [0.2, 0.25) is 0 Å².